The second-order valence-corrected chi connectivity index (χ2v) is 4.97. The van der Waals surface area contributed by atoms with Crippen LogP contribution >= 0.6 is 15.9 Å². The van der Waals surface area contributed by atoms with Gasteiger partial charge in [0.2, 0.25) is 0 Å². The maximum atomic E-state index is 13.5. The lowest BCUT2D eigenvalue weighted by atomic mass is 10.2. The van der Waals surface area contributed by atoms with Crippen LogP contribution in [-0.2, 0) is 6.54 Å². The van der Waals surface area contributed by atoms with Crippen LogP contribution in [-0.4, -0.2) is 4.92 Å². The van der Waals surface area contributed by atoms with E-state index in [1.807, 2.05) is 0 Å². The smallest absolute Gasteiger partial charge is 0.272 e. The number of anilines is 1. The summed E-state index contributed by atoms with van der Waals surface area (Å²) in [7, 11) is 0. The van der Waals surface area contributed by atoms with Gasteiger partial charge in [0.15, 0.2) is 0 Å². The van der Waals surface area contributed by atoms with E-state index in [1.165, 1.54) is 18.2 Å². The van der Waals surface area contributed by atoms with E-state index in [0.717, 1.165) is 12.1 Å². The number of hydrogen-bond donors (Lipinski definition) is 1. The van der Waals surface area contributed by atoms with Gasteiger partial charge in [0.25, 0.3) is 5.69 Å². The third-order valence-electron chi connectivity index (χ3n) is 2.56. The van der Waals surface area contributed by atoms with E-state index in [0.29, 0.717) is 10.0 Å². The molecule has 1 N–H and O–H groups in total. The highest BCUT2D eigenvalue weighted by Crippen LogP contribution is 2.22. The van der Waals surface area contributed by atoms with Crippen molar-refractivity contribution in [3.05, 3.63) is 68.2 Å². The number of halogens is 3. The van der Waals surface area contributed by atoms with Crippen LogP contribution in [0, 0.1) is 21.7 Å². The summed E-state index contributed by atoms with van der Waals surface area (Å²) < 4.78 is 27.4. The summed E-state index contributed by atoms with van der Waals surface area (Å²) in [6, 6.07) is 7.60. The van der Waals surface area contributed by atoms with E-state index >= 15 is 0 Å². The second kappa shape index (κ2) is 5.96. The number of nitro benzene ring substituents is 1. The monoisotopic (exact) mass is 342 g/mol. The predicted octanol–water partition coefficient (Wildman–Crippen LogP) is 4.25. The molecule has 20 heavy (non-hydrogen) atoms. The van der Waals surface area contributed by atoms with Gasteiger partial charge >= 0.3 is 0 Å². The largest absolute Gasteiger partial charge is 0.379 e. The van der Waals surface area contributed by atoms with Crippen molar-refractivity contribution >= 4 is 27.3 Å². The number of nitro groups is 1. The molecular weight excluding hydrogens is 334 g/mol. The molecule has 2 aromatic carbocycles. The van der Waals surface area contributed by atoms with Crippen molar-refractivity contribution in [3.63, 3.8) is 0 Å². The van der Waals surface area contributed by atoms with Gasteiger partial charge in [0.1, 0.15) is 11.6 Å². The van der Waals surface area contributed by atoms with E-state index in [2.05, 4.69) is 21.2 Å². The van der Waals surface area contributed by atoms with Crippen LogP contribution in [0.5, 0.6) is 0 Å². The van der Waals surface area contributed by atoms with Crippen molar-refractivity contribution < 1.29 is 13.7 Å². The van der Waals surface area contributed by atoms with Crippen molar-refractivity contribution in [1.82, 2.24) is 0 Å². The molecule has 7 heteroatoms. The average molecular weight is 343 g/mol. The Labute approximate surface area is 121 Å². The van der Waals surface area contributed by atoms with E-state index in [-0.39, 0.29) is 17.9 Å². The maximum absolute atomic E-state index is 13.5. The molecule has 2 aromatic rings. The molecule has 0 aromatic heterocycles. The van der Waals surface area contributed by atoms with Crippen LogP contribution in [0.25, 0.3) is 0 Å². The number of non-ortho nitro benzene ring substituents is 1. The summed E-state index contributed by atoms with van der Waals surface area (Å²) >= 11 is 3.21. The maximum Gasteiger partial charge on any atom is 0.272 e. The molecule has 0 spiro atoms. The summed E-state index contributed by atoms with van der Waals surface area (Å²) in [5.41, 5.74) is 0.249. The Balaban J connectivity index is 2.18. The van der Waals surface area contributed by atoms with E-state index < -0.39 is 16.6 Å². The SMILES string of the molecule is O=[N+]([O-])c1cc(F)cc(CNc2cc(Br)ccc2F)c1. The van der Waals surface area contributed by atoms with Gasteiger partial charge in [0, 0.05) is 17.1 Å². The molecule has 0 saturated heterocycles. The number of rotatable bonds is 4. The number of benzene rings is 2. The Morgan fingerprint density at radius 2 is 1.95 bits per heavy atom. The molecule has 0 aliphatic carbocycles. The first kappa shape index (κ1) is 14.4. The van der Waals surface area contributed by atoms with E-state index in [4.69, 9.17) is 0 Å². The topological polar surface area (TPSA) is 55.2 Å². The zero-order chi connectivity index (χ0) is 14.7. The van der Waals surface area contributed by atoms with Gasteiger partial charge in [-0.05, 0) is 29.8 Å². The minimum atomic E-state index is -0.703. The molecule has 0 heterocycles. The van der Waals surface area contributed by atoms with Crippen LogP contribution < -0.4 is 5.32 Å². The normalized spacial score (nSPS) is 10.3. The molecular formula is C13H9BrF2N2O2. The Morgan fingerprint density at radius 1 is 1.20 bits per heavy atom. The molecule has 104 valence electrons. The molecule has 0 aliphatic heterocycles. The number of hydrogen-bond acceptors (Lipinski definition) is 3. The van der Waals surface area contributed by atoms with Crippen LogP contribution in [0.4, 0.5) is 20.2 Å². The Hall–Kier alpha value is -2.02. The molecule has 0 fully saturated rings. The lowest BCUT2D eigenvalue weighted by Crippen LogP contribution is -2.03. The van der Waals surface area contributed by atoms with Crippen LogP contribution in [0.2, 0.25) is 0 Å². The van der Waals surface area contributed by atoms with E-state index in [1.54, 1.807) is 6.07 Å². The Bertz CT molecular complexity index is 665. The van der Waals surface area contributed by atoms with Crippen molar-refractivity contribution in [2.45, 2.75) is 6.54 Å². The molecule has 4 nitrogen and oxygen atoms in total. The second-order valence-electron chi connectivity index (χ2n) is 4.05. The van der Waals surface area contributed by atoms with E-state index in [9.17, 15) is 18.9 Å². The van der Waals surface area contributed by atoms with Crippen molar-refractivity contribution in [3.8, 4) is 0 Å². The zero-order valence-electron chi connectivity index (χ0n) is 10.1. The molecule has 0 aliphatic rings. The molecule has 0 amide bonds. The lowest BCUT2D eigenvalue weighted by Gasteiger charge is -2.08. The van der Waals surface area contributed by atoms with Gasteiger partial charge in [-0.2, -0.15) is 0 Å². The number of nitrogens with zero attached hydrogens (tertiary/aromatic N) is 1. The van der Waals surface area contributed by atoms with Crippen molar-refractivity contribution in [2.75, 3.05) is 5.32 Å². The molecule has 0 saturated carbocycles. The third-order valence-corrected chi connectivity index (χ3v) is 3.06. The highest BCUT2D eigenvalue weighted by molar-refractivity contribution is 9.10. The van der Waals surface area contributed by atoms with Crippen LogP contribution in [0.1, 0.15) is 5.56 Å². The highest BCUT2D eigenvalue weighted by Gasteiger charge is 2.10. The standard InChI is InChI=1S/C13H9BrF2N2O2/c14-9-1-2-12(16)13(5-9)17-7-8-3-10(15)6-11(4-8)18(19)20/h1-6,17H,7H2. The summed E-state index contributed by atoms with van der Waals surface area (Å²) in [6.07, 6.45) is 0. The van der Waals surface area contributed by atoms with Gasteiger partial charge in [-0.25, -0.2) is 8.78 Å². The van der Waals surface area contributed by atoms with Crippen molar-refractivity contribution in [2.24, 2.45) is 0 Å². The third kappa shape index (κ3) is 3.51. The van der Waals surface area contributed by atoms with Gasteiger partial charge in [-0.1, -0.05) is 15.9 Å². The molecule has 0 atom stereocenters. The fourth-order valence-electron chi connectivity index (χ4n) is 1.67. The number of nitrogens with one attached hydrogen (secondary N) is 1. The summed E-state index contributed by atoms with van der Waals surface area (Å²) in [6.45, 7) is 0.0754. The first-order valence-corrected chi connectivity index (χ1v) is 6.38. The lowest BCUT2D eigenvalue weighted by molar-refractivity contribution is -0.385. The molecule has 2 rings (SSSR count). The van der Waals surface area contributed by atoms with Crippen LogP contribution in [0.3, 0.4) is 0 Å². The van der Waals surface area contributed by atoms with Gasteiger partial charge in [0.05, 0.1) is 16.7 Å². The molecule has 0 radical (unpaired) electrons. The van der Waals surface area contributed by atoms with Crippen molar-refractivity contribution in [1.29, 1.82) is 0 Å². The summed E-state index contributed by atoms with van der Waals surface area (Å²) in [5.74, 6) is -1.16. The van der Waals surface area contributed by atoms with Gasteiger partial charge in [-0.3, -0.25) is 10.1 Å². The zero-order valence-corrected chi connectivity index (χ0v) is 11.7. The quantitative estimate of drug-likeness (QED) is 0.667. The highest BCUT2D eigenvalue weighted by atomic mass is 79.9. The fraction of sp³-hybridized carbons (Fsp3) is 0.0769. The molecule has 0 unspecified atom stereocenters. The minimum absolute atomic E-state index is 0.0754. The first-order chi connectivity index (χ1) is 9.45. The Kier molecular flexibility index (Phi) is 4.29. The predicted molar refractivity (Wildman–Crippen MR) is 74.5 cm³/mol. The summed E-state index contributed by atoms with van der Waals surface area (Å²) in [5, 5.41) is 13.4. The van der Waals surface area contributed by atoms with Gasteiger partial charge in [-0.15, -0.1) is 0 Å². The minimum Gasteiger partial charge on any atom is -0.379 e. The van der Waals surface area contributed by atoms with Crippen LogP contribution in [0.15, 0.2) is 40.9 Å². The fourth-order valence-corrected chi connectivity index (χ4v) is 2.03. The average Bonchev–Trinajstić information content (AvgIpc) is 2.39. The Morgan fingerprint density at radius 3 is 2.65 bits per heavy atom. The summed E-state index contributed by atoms with van der Waals surface area (Å²) in [4.78, 5) is 9.96. The molecule has 0 bridgehead atoms. The van der Waals surface area contributed by atoms with Gasteiger partial charge < -0.3 is 5.32 Å². The first-order valence-electron chi connectivity index (χ1n) is 5.58.